The summed E-state index contributed by atoms with van der Waals surface area (Å²) in [7, 11) is 0. The van der Waals surface area contributed by atoms with Crippen LogP contribution < -0.4 is 10.6 Å². The van der Waals surface area contributed by atoms with E-state index in [0.29, 0.717) is 13.6 Å². The van der Waals surface area contributed by atoms with E-state index in [0.717, 1.165) is 12.0 Å². The minimum atomic E-state index is -0.769. The summed E-state index contributed by atoms with van der Waals surface area (Å²) in [5.41, 5.74) is 0.197. The lowest BCUT2D eigenvalue weighted by molar-refractivity contribution is -0.123. The second-order valence-electron chi connectivity index (χ2n) is 7.13. The molecule has 0 spiro atoms. The molecule has 1 aromatic carbocycles. The Bertz CT molecular complexity index is 636. The SMILES string of the molecule is CC[C@H](C)NC(=O)[C@H](Cc1cc(I)c(O)c(I)c1)NC(=O)OC(C)(C)C. The fraction of sp³-hybridized carbons (Fsp3) is 0.556. The molecule has 6 nitrogen and oxygen atoms in total. The molecule has 3 N–H and O–H groups in total. The van der Waals surface area contributed by atoms with E-state index in [4.69, 9.17) is 4.74 Å². The second kappa shape index (κ2) is 9.95. The first-order valence-electron chi connectivity index (χ1n) is 8.39. The molecule has 0 aliphatic carbocycles. The van der Waals surface area contributed by atoms with E-state index in [-0.39, 0.29) is 17.7 Å². The van der Waals surface area contributed by atoms with Crippen molar-refractivity contribution in [1.29, 1.82) is 0 Å². The smallest absolute Gasteiger partial charge is 0.408 e. The van der Waals surface area contributed by atoms with Gasteiger partial charge in [-0.3, -0.25) is 4.79 Å². The molecule has 0 saturated heterocycles. The number of hydrogen-bond donors (Lipinski definition) is 3. The van der Waals surface area contributed by atoms with Crippen LogP contribution in [0.3, 0.4) is 0 Å². The summed E-state index contributed by atoms with van der Waals surface area (Å²) in [4.78, 5) is 24.8. The summed E-state index contributed by atoms with van der Waals surface area (Å²) < 4.78 is 6.68. The van der Waals surface area contributed by atoms with Gasteiger partial charge in [-0.1, -0.05) is 6.92 Å². The molecule has 0 saturated carbocycles. The van der Waals surface area contributed by atoms with Crippen molar-refractivity contribution < 1.29 is 19.4 Å². The summed E-state index contributed by atoms with van der Waals surface area (Å²) in [5.74, 6) is -0.0426. The van der Waals surface area contributed by atoms with Gasteiger partial charge in [-0.05, 0) is 97.0 Å². The van der Waals surface area contributed by atoms with Crippen LogP contribution in [0, 0.1) is 7.14 Å². The van der Waals surface area contributed by atoms with Crippen LogP contribution in [0.25, 0.3) is 0 Å². The van der Waals surface area contributed by atoms with Gasteiger partial charge < -0.3 is 20.5 Å². The number of carbonyl (C=O) groups is 2. The molecule has 26 heavy (non-hydrogen) atoms. The van der Waals surface area contributed by atoms with Crippen LogP contribution in [0.4, 0.5) is 4.79 Å². The lowest BCUT2D eigenvalue weighted by atomic mass is 10.0. The van der Waals surface area contributed by atoms with Gasteiger partial charge >= 0.3 is 6.09 Å². The van der Waals surface area contributed by atoms with Crippen LogP contribution >= 0.6 is 45.2 Å². The van der Waals surface area contributed by atoms with Crippen molar-refractivity contribution in [2.24, 2.45) is 0 Å². The van der Waals surface area contributed by atoms with Gasteiger partial charge in [0.15, 0.2) is 0 Å². The zero-order valence-corrected chi connectivity index (χ0v) is 20.0. The Morgan fingerprint density at radius 3 is 2.19 bits per heavy atom. The molecule has 2 atom stereocenters. The number of rotatable bonds is 6. The Kier molecular flexibility index (Phi) is 8.90. The highest BCUT2D eigenvalue weighted by molar-refractivity contribution is 14.1. The largest absolute Gasteiger partial charge is 0.506 e. The first-order valence-corrected chi connectivity index (χ1v) is 10.6. The van der Waals surface area contributed by atoms with Crippen molar-refractivity contribution in [3.8, 4) is 5.75 Å². The number of benzene rings is 1. The van der Waals surface area contributed by atoms with E-state index in [1.807, 2.05) is 59.0 Å². The third-order valence-corrected chi connectivity index (χ3v) is 5.17. The third kappa shape index (κ3) is 7.85. The summed E-state index contributed by atoms with van der Waals surface area (Å²) in [6.07, 6.45) is 0.457. The first-order chi connectivity index (χ1) is 11.9. The number of halogens is 2. The number of hydrogen-bond acceptors (Lipinski definition) is 4. The maximum atomic E-state index is 12.6. The summed E-state index contributed by atoms with van der Waals surface area (Å²) in [5, 5.41) is 15.5. The Morgan fingerprint density at radius 1 is 1.19 bits per heavy atom. The van der Waals surface area contributed by atoms with E-state index in [1.165, 1.54) is 0 Å². The minimum absolute atomic E-state index is 0.00512. The van der Waals surface area contributed by atoms with Gasteiger partial charge in [-0.2, -0.15) is 0 Å². The van der Waals surface area contributed by atoms with Crippen LogP contribution in [0.15, 0.2) is 12.1 Å². The second-order valence-corrected chi connectivity index (χ2v) is 9.45. The monoisotopic (exact) mass is 588 g/mol. The molecule has 0 aromatic heterocycles. The molecule has 0 bridgehead atoms. The number of amides is 2. The Balaban J connectivity index is 3.00. The number of aromatic hydroxyl groups is 1. The molecule has 0 fully saturated rings. The normalized spacial score (nSPS) is 13.7. The lowest BCUT2D eigenvalue weighted by Crippen LogP contribution is -2.51. The molecular formula is C18H26I2N2O4. The standard InChI is InChI=1S/C18H26I2N2O4/c1-6-10(2)21-16(24)14(22-17(25)26-18(3,4)5)9-11-7-12(19)15(23)13(20)8-11/h7-8,10,14,23H,6,9H2,1-5H3,(H,21,24)(H,22,25)/t10-,14-/m0/s1. The van der Waals surface area contributed by atoms with Gasteiger partial charge in [0.1, 0.15) is 17.4 Å². The average Bonchev–Trinajstić information content (AvgIpc) is 2.49. The number of phenols is 1. The van der Waals surface area contributed by atoms with Crippen LogP contribution in [-0.4, -0.2) is 34.8 Å². The summed E-state index contributed by atoms with van der Waals surface area (Å²) >= 11 is 4.08. The number of phenolic OH excluding ortho intramolecular Hbond substituents is 1. The number of nitrogens with one attached hydrogen (secondary N) is 2. The molecule has 1 rings (SSSR count). The van der Waals surface area contributed by atoms with Crippen molar-refractivity contribution in [2.45, 2.75) is 65.1 Å². The molecule has 8 heteroatoms. The van der Waals surface area contributed by atoms with E-state index < -0.39 is 17.7 Å². The molecule has 1 aromatic rings. The zero-order valence-electron chi connectivity index (χ0n) is 15.7. The highest BCUT2D eigenvalue weighted by atomic mass is 127. The fourth-order valence-electron chi connectivity index (χ4n) is 2.08. The zero-order chi connectivity index (χ0) is 20.1. The quantitative estimate of drug-likeness (QED) is 0.440. The highest BCUT2D eigenvalue weighted by Crippen LogP contribution is 2.28. The minimum Gasteiger partial charge on any atom is -0.506 e. The topological polar surface area (TPSA) is 87.7 Å². The fourth-order valence-corrected chi connectivity index (χ4v) is 3.97. The Morgan fingerprint density at radius 2 is 1.73 bits per heavy atom. The maximum Gasteiger partial charge on any atom is 0.408 e. The van der Waals surface area contributed by atoms with Gasteiger partial charge in [0.2, 0.25) is 5.91 Å². The molecule has 0 heterocycles. The van der Waals surface area contributed by atoms with Crippen molar-refractivity contribution in [3.63, 3.8) is 0 Å². The molecule has 0 unspecified atom stereocenters. The molecule has 0 aliphatic rings. The van der Waals surface area contributed by atoms with Gasteiger partial charge in [0.05, 0.1) is 7.14 Å². The number of ether oxygens (including phenoxy) is 1. The molecule has 0 aliphatic heterocycles. The maximum absolute atomic E-state index is 12.6. The number of carbonyl (C=O) groups excluding carboxylic acids is 2. The number of alkyl carbamates (subject to hydrolysis) is 1. The molecule has 2 amide bonds. The van der Waals surface area contributed by atoms with E-state index in [1.54, 1.807) is 32.9 Å². The van der Waals surface area contributed by atoms with Crippen LogP contribution in [0.2, 0.25) is 0 Å². The predicted octanol–water partition coefficient (Wildman–Crippen LogP) is 3.95. The lowest BCUT2D eigenvalue weighted by Gasteiger charge is -2.24. The van der Waals surface area contributed by atoms with Crippen LogP contribution in [-0.2, 0) is 16.0 Å². The van der Waals surface area contributed by atoms with E-state index in [9.17, 15) is 14.7 Å². The molecular weight excluding hydrogens is 562 g/mol. The summed E-state index contributed by atoms with van der Waals surface area (Å²) in [6, 6.07) is 2.84. The van der Waals surface area contributed by atoms with Crippen molar-refractivity contribution in [2.75, 3.05) is 0 Å². The van der Waals surface area contributed by atoms with Crippen molar-refractivity contribution in [3.05, 3.63) is 24.8 Å². The summed E-state index contributed by atoms with van der Waals surface area (Å²) in [6.45, 7) is 9.20. The van der Waals surface area contributed by atoms with Crippen molar-refractivity contribution in [1.82, 2.24) is 10.6 Å². The third-order valence-electron chi connectivity index (χ3n) is 3.52. The average molecular weight is 588 g/mol. The Hall–Kier alpha value is -0.780. The van der Waals surface area contributed by atoms with E-state index >= 15 is 0 Å². The van der Waals surface area contributed by atoms with Crippen LogP contribution in [0.5, 0.6) is 5.75 Å². The van der Waals surface area contributed by atoms with Gasteiger partial charge in [-0.25, -0.2) is 4.79 Å². The predicted molar refractivity (Wildman–Crippen MR) is 118 cm³/mol. The van der Waals surface area contributed by atoms with Gasteiger partial charge in [-0.15, -0.1) is 0 Å². The Labute approximate surface area is 182 Å². The molecule has 0 radical (unpaired) electrons. The van der Waals surface area contributed by atoms with Crippen LogP contribution in [0.1, 0.15) is 46.6 Å². The first kappa shape index (κ1) is 23.3. The van der Waals surface area contributed by atoms with Gasteiger partial charge in [0, 0.05) is 12.5 Å². The molecule has 146 valence electrons. The highest BCUT2D eigenvalue weighted by Gasteiger charge is 2.26. The van der Waals surface area contributed by atoms with Gasteiger partial charge in [0.25, 0.3) is 0 Å². The van der Waals surface area contributed by atoms with Crippen molar-refractivity contribution >= 4 is 57.2 Å². The van der Waals surface area contributed by atoms with E-state index in [2.05, 4.69) is 10.6 Å².